The number of carbonyl (C=O) groups is 1. The van der Waals surface area contributed by atoms with Crippen molar-refractivity contribution in [1.82, 2.24) is 0 Å². The van der Waals surface area contributed by atoms with Gasteiger partial charge in [0, 0.05) is 5.92 Å². The molecule has 21 heavy (non-hydrogen) atoms. The number of methoxy groups -OCH3 is 1. The van der Waals surface area contributed by atoms with Gasteiger partial charge < -0.3 is 14.6 Å². The highest BCUT2D eigenvalue weighted by Gasteiger charge is 2.43. The molecule has 2 unspecified atom stereocenters. The fourth-order valence-electron chi connectivity index (χ4n) is 3.14. The molecule has 0 radical (unpaired) electrons. The summed E-state index contributed by atoms with van der Waals surface area (Å²) in [5, 5.41) is 9.94. The summed E-state index contributed by atoms with van der Waals surface area (Å²) in [5.41, 5.74) is 1.97. The second kappa shape index (κ2) is 5.64. The van der Waals surface area contributed by atoms with E-state index in [1.54, 1.807) is 0 Å². The van der Waals surface area contributed by atoms with E-state index in [-0.39, 0.29) is 23.5 Å². The van der Waals surface area contributed by atoms with Gasteiger partial charge in [0.1, 0.15) is 11.7 Å². The van der Waals surface area contributed by atoms with Crippen molar-refractivity contribution in [2.75, 3.05) is 7.11 Å². The van der Waals surface area contributed by atoms with Crippen molar-refractivity contribution in [3.63, 3.8) is 0 Å². The van der Waals surface area contributed by atoms with Crippen LogP contribution in [0.15, 0.2) is 47.4 Å². The molecule has 0 amide bonds. The third-order valence-electron chi connectivity index (χ3n) is 4.13. The van der Waals surface area contributed by atoms with Gasteiger partial charge in [0.25, 0.3) is 5.95 Å². The van der Waals surface area contributed by atoms with E-state index in [1.165, 1.54) is 7.11 Å². The van der Waals surface area contributed by atoms with Gasteiger partial charge in [0.2, 0.25) is 0 Å². The fraction of sp³-hybridized carbons (Fsp3) is 0.353. The molecule has 2 atom stereocenters. The summed E-state index contributed by atoms with van der Waals surface area (Å²) < 4.78 is 10.3. The van der Waals surface area contributed by atoms with E-state index in [0.717, 1.165) is 30.4 Å². The third-order valence-corrected chi connectivity index (χ3v) is 4.13. The molecule has 2 aliphatic rings. The summed E-state index contributed by atoms with van der Waals surface area (Å²) >= 11 is 0. The van der Waals surface area contributed by atoms with Crippen molar-refractivity contribution in [3.05, 3.63) is 53.0 Å². The second-order valence-electron chi connectivity index (χ2n) is 5.38. The SMILES string of the molecule is CO/C(O)=C1\C(=O)OC2CCCC2C1=Cc1ccccc1. The summed E-state index contributed by atoms with van der Waals surface area (Å²) in [7, 11) is 1.34. The van der Waals surface area contributed by atoms with Gasteiger partial charge in [-0.3, -0.25) is 0 Å². The van der Waals surface area contributed by atoms with Crippen LogP contribution in [0.3, 0.4) is 0 Å². The molecule has 0 aromatic heterocycles. The minimum absolute atomic E-state index is 0.0825. The van der Waals surface area contributed by atoms with Crippen LogP contribution in [0.2, 0.25) is 0 Å². The lowest BCUT2D eigenvalue weighted by Crippen LogP contribution is -2.33. The first-order chi connectivity index (χ1) is 10.2. The highest BCUT2D eigenvalue weighted by Crippen LogP contribution is 2.43. The number of aliphatic hydroxyl groups is 1. The molecule has 0 bridgehead atoms. The minimum Gasteiger partial charge on any atom is -0.480 e. The maximum absolute atomic E-state index is 12.2. The molecule has 1 N–H and O–H groups in total. The highest BCUT2D eigenvalue weighted by atomic mass is 16.6. The summed E-state index contributed by atoms with van der Waals surface area (Å²) in [6, 6.07) is 9.77. The molecule has 0 spiro atoms. The predicted molar refractivity (Wildman–Crippen MR) is 78.3 cm³/mol. The Morgan fingerprint density at radius 2 is 2.10 bits per heavy atom. The molecule has 1 aromatic carbocycles. The highest BCUT2D eigenvalue weighted by molar-refractivity contribution is 5.97. The number of aliphatic hydroxyl groups excluding tert-OH is 1. The van der Waals surface area contributed by atoms with Crippen LogP contribution in [-0.4, -0.2) is 24.3 Å². The lowest BCUT2D eigenvalue weighted by molar-refractivity contribution is -0.148. The lowest BCUT2D eigenvalue weighted by Gasteiger charge is -2.30. The maximum Gasteiger partial charge on any atom is 0.345 e. The lowest BCUT2D eigenvalue weighted by atomic mass is 9.86. The smallest absolute Gasteiger partial charge is 0.345 e. The molecular formula is C17H18O4. The first-order valence-electron chi connectivity index (χ1n) is 7.16. The Morgan fingerprint density at radius 3 is 2.81 bits per heavy atom. The van der Waals surface area contributed by atoms with Crippen molar-refractivity contribution in [2.24, 2.45) is 5.92 Å². The van der Waals surface area contributed by atoms with E-state index in [2.05, 4.69) is 0 Å². The average Bonchev–Trinajstić information content (AvgIpc) is 2.96. The van der Waals surface area contributed by atoms with Gasteiger partial charge in [0.15, 0.2) is 0 Å². The second-order valence-corrected chi connectivity index (χ2v) is 5.38. The zero-order valence-corrected chi connectivity index (χ0v) is 11.9. The number of rotatable bonds is 2. The van der Waals surface area contributed by atoms with E-state index >= 15 is 0 Å². The third kappa shape index (κ3) is 2.53. The summed E-state index contributed by atoms with van der Waals surface area (Å²) in [4.78, 5) is 12.2. The van der Waals surface area contributed by atoms with Crippen molar-refractivity contribution in [2.45, 2.75) is 25.4 Å². The Labute approximate surface area is 123 Å². The minimum atomic E-state index is -0.500. The quantitative estimate of drug-likeness (QED) is 0.515. The molecule has 4 heteroatoms. The molecule has 1 heterocycles. The number of esters is 1. The largest absolute Gasteiger partial charge is 0.480 e. The summed E-state index contributed by atoms with van der Waals surface area (Å²) in [6.07, 6.45) is 4.73. The van der Waals surface area contributed by atoms with Crippen LogP contribution in [0, 0.1) is 5.92 Å². The van der Waals surface area contributed by atoms with Gasteiger partial charge in [-0.1, -0.05) is 36.4 Å². The molecule has 1 saturated carbocycles. The molecular weight excluding hydrogens is 268 g/mol. The number of fused-ring (bicyclic) bond motifs is 1. The zero-order chi connectivity index (χ0) is 14.8. The molecule has 1 saturated heterocycles. The van der Waals surface area contributed by atoms with Crippen LogP contribution in [0.25, 0.3) is 6.08 Å². The normalized spacial score (nSPS) is 29.0. The number of hydrogen-bond donors (Lipinski definition) is 1. The molecule has 1 aliphatic carbocycles. The standard InChI is InChI=1S/C17H18O4/c1-20-16(18)15-13(10-11-6-3-2-4-7-11)12-8-5-9-14(12)21-17(15)19/h2-4,6-7,10,12,14,18H,5,8-9H2,1H3/b13-10?,16-15-. The molecule has 2 fully saturated rings. The topological polar surface area (TPSA) is 55.8 Å². The monoisotopic (exact) mass is 286 g/mol. The van der Waals surface area contributed by atoms with E-state index in [1.807, 2.05) is 36.4 Å². The van der Waals surface area contributed by atoms with Gasteiger partial charge in [-0.25, -0.2) is 4.79 Å². The Bertz CT molecular complexity index is 600. The first-order valence-corrected chi connectivity index (χ1v) is 7.16. The maximum atomic E-state index is 12.2. The average molecular weight is 286 g/mol. The summed E-state index contributed by atoms with van der Waals surface area (Å²) in [5.74, 6) is -0.734. The van der Waals surface area contributed by atoms with Crippen molar-refractivity contribution in [3.8, 4) is 0 Å². The first kappa shape index (κ1) is 13.7. The van der Waals surface area contributed by atoms with Gasteiger partial charge >= 0.3 is 5.97 Å². The van der Waals surface area contributed by atoms with Gasteiger partial charge in [-0.15, -0.1) is 0 Å². The van der Waals surface area contributed by atoms with Crippen LogP contribution in [-0.2, 0) is 14.3 Å². The van der Waals surface area contributed by atoms with Gasteiger partial charge in [-0.05, 0) is 30.4 Å². The number of ether oxygens (including phenoxy) is 2. The van der Waals surface area contributed by atoms with Crippen molar-refractivity contribution < 1.29 is 19.4 Å². The molecule has 4 nitrogen and oxygen atoms in total. The number of carbonyl (C=O) groups excluding carboxylic acids is 1. The van der Waals surface area contributed by atoms with Crippen LogP contribution < -0.4 is 0 Å². The summed E-state index contributed by atoms with van der Waals surface area (Å²) in [6.45, 7) is 0. The van der Waals surface area contributed by atoms with E-state index < -0.39 is 5.97 Å². The Kier molecular flexibility index (Phi) is 3.69. The zero-order valence-electron chi connectivity index (χ0n) is 11.9. The van der Waals surface area contributed by atoms with Crippen LogP contribution in [0.4, 0.5) is 0 Å². The predicted octanol–water partition coefficient (Wildman–Crippen LogP) is 3.21. The van der Waals surface area contributed by atoms with Crippen LogP contribution in [0.5, 0.6) is 0 Å². The van der Waals surface area contributed by atoms with E-state index in [9.17, 15) is 9.90 Å². The Hall–Kier alpha value is -2.23. The van der Waals surface area contributed by atoms with E-state index in [4.69, 9.17) is 9.47 Å². The van der Waals surface area contributed by atoms with Crippen LogP contribution in [0.1, 0.15) is 24.8 Å². The Balaban J connectivity index is 2.10. The number of hydrogen-bond acceptors (Lipinski definition) is 4. The molecule has 1 aromatic rings. The molecule has 3 rings (SSSR count). The van der Waals surface area contributed by atoms with Gasteiger partial charge in [-0.2, -0.15) is 0 Å². The number of benzene rings is 1. The fourth-order valence-corrected chi connectivity index (χ4v) is 3.14. The van der Waals surface area contributed by atoms with Crippen molar-refractivity contribution >= 4 is 12.0 Å². The van der Waals surface area contributed by atoms with Gasteiger partial charge in [0.05, 0.1) is 7.11 Å². The van der Waals surface area contributed by atoms with Crippen molar-refractivity contribution in [1.29, 1.82) is 0 Å². The van der Waals surface area contributed by atoms with E-state index in [0.29, 0.717) is 0 Å². The molecule has 110 valence electrons. The van der Waals surface area contributed by atoms with Crippen LogP contribution >= 0.6 is 0 Å². The molecule has 1 aliphatic heterocycles. The Morgan fingerprint density at radius 1 is 1.33 bits per heavy atom.